The molecule has 1 aliphatic heterocycles. The van der Waals surface area contributed by atoms with Crippen LogP contribution in [0.2, 0.25) is 0 Å². The Morgan fingerprint density at radius 3 is 1.69 bits per heavy atom. The monoisotopic (exact) mass is 526 g/mol. The van der Waals surface area contributed by atoms with Gasteiger partial charge in [0.25, 0.3) is 0 Å². The van der Waals surface area contributed by atoms with Gasteiger partial charge < -0.3 is 31.2 Å². The lowest BCUT2D eigenvalue weighted by atomic mass is 9.95. The molecule has 0 atom stereocenters. The van der Waals surface area contributed by atoms with Crippen molar-refractivity contribution in [2.24, 2.45) is 23.3 Å². The number of piperidine rings is 1. The molecule has 1 amide bonds. The summed E-state index contributed by atoms with van der Waals surface area (Å²) < 4.78 is 12.1. The van der Waals surface area contributed by atoms with Crippen molar-refractivity contribution in [3.63, 3.8) is 0 Å². The molecule has 7 N–H and O–H groups in total. The third-order valence-corrected chi connectivity index (χ3v) is 7.12. The van der Waals surface area contributed by atoms with E-state index in [2.05, 4.69) is 10.2 Å². The van der Waals surface area contributed by atoms with Gasteiger partial charge in [0.1, 0.15) is 34.7 Å². The van der Waals surface area contributed by atoms with E-state index in [1.165, 1.54) is 12.8 Å². The summed E-state index contributed by atoms with van der Waals surface area (Å²) in [6.45, 7) is 3.08. The van der Waals surface area contributed by atoms with E-state index in [1.807, 2.05) is 0 Å². The number of rotatable bonds is 10. The zero-order valence-corrected chi connectivity index (χ0v) is 21.8. The van der Waals surface area contributed by atoms with Crippen molar-refractivity contribution < 1.29 is 14.3 Å². The van der Waals surface area contributed by atoms with Gasteiger partial charge in [-0.1, -0.05) is 0 Å². The molecule has 9 heteroatoms. The number of carbonyl (C=O) groups is 1. The number of carbonyl (C=O) groups excluding carboxylic acids is 1. The summed E-state index contributed by atoms with van der Waals surface area (Å²) in [7, 11) is 0. The highest BCUT2D eigenvalue weighted by molar-refractivity contribution is 5.95. The summed E-state index contributed by atoms with van der Waals surface area (Å²) >= 11 is 0. The minimum Gasteiger partial charge on any atom is -0.457 e. The molecule has 3 aromatic carbocycles. The Morgan fingerprint density at radius 1 is 0.769 bits per heavy atom. The number of nitrogens with two attached hydrogens (primary N) is 2. The van der Waals surface area contributed by atoms with Gasteiger partial charge in [0.2, 0.25) is 5.91 Å². The number of nitrogen functional groups attached to an aromatic ring is 2. The van der Waals surface area contributed by atoms with Gasteiger partial charge in [0, 0.05) is 47.5 Å². The van der Waals surface area contributed by atoms with E-state index < -0.39 is 0 Å². The van der Waals surface area contributed by atoms with Crippen LogP contribution in [0.5, 0.6) is 23.0 Å². The molecule has 1 saturated heterocycles. The Balaban J connectivity index is 1.32. The Bertz CT molecular complexity index is 1270. The van der Waals surface area contributed by atoms with Crippen LogP contribution in [-0.4, -0.2) is 42.1 Å². The summed E-state index contributed by atoms with van der Waals surface area (Å²) in [5, 5.41) is 18.2. The largest absolute Gasteiger partial charge is 0.457 e. The smallest absolute Gasteiger partial charge is 0.227 e. The lowest BCUT2D eigenvalue weighted by Gasteiger charge is -2.31. The van der Waals surface area contributed by atoms with Gasteiger partial charge in [-0.2, -0.15) is 0 Å². The molecule has 1 heterocycles. The summed E-state index contributed by atoms with van der Waals surface area (Å²) in [6, 6.07) is 19.1. The molecule has 9 nitrogen and oxygen atoms in total. The van der Waals surface area contributed by atoms with Gasteiger partial charge in [-0.3, -0.25) is 15.6 Å². The molecule has 202 valence electrons. The van der Waals surface area contributed by atoms with Crippen LogP contribution in [0.25, 0.3) is 0 Å². The number of likely N-dealkylation sites (tertiary alicyclic amines) is 1. The minimum atomic E-state index is -0.0346. The third kappa shape index (κ3) is 7.14. The molecular formula is C30H34N6O3. The van der Waals surface area contributed by atoms with Crippen molar-refractivity contribution in [3.8, 4) is 23.0 Å². The molecule has 2 fully saturated rings. The standard InChI is InChI=1S/C30H34N6O3/c31-28(32)20-3-7-24(8-4-20)38-26-15-23(16-27(17-26)39-25-9-5-21(6-10-25)29(33)34)35-30(37)22-11-13-36(14-12-22)18-19-1-2-19/h3-10,15-17,19,22H,1-2,11-14,18H2,(H3,31,32)(H3,33,34)(H,35,37). The van der Waals surface area contributed by atoms with Crippen molar-refractivity contribution in [2.75, 3.05) is 25.0 Å². The van der Waals surface area contributed by atoms with Crippen LogP contribution in [0, 0.1) is 22.7 Å². The number of amides is 1. The van der Waals surface area contributed by atoms with E-state index in [1.54, 1.807) is 66.7 Å². The molecule has 5 rings (SSSR count). The van der Waals surface area contributed by atoms with Gasteiger partial charge in [-0.25, -0.2) is 0 Å². The van der Waals surface area contributed by atoms with Gasteiger partial charge in [-0.15, -0.1) is 0 Å². The van der Waals surface area contributed by atoms with E-state index in [4.69, 9.17) is 31.8 Å². The van der Waals surface area contributed by atoms with E-state index in [0.717, 1.165) is 38.4 Å². The minimum absolute atomic E-state index is 0.000735. The van der Waals surface area contributed by atoms with Crippen LogP contribution in [-0.2, 0) is 4.79 Å². The Kier molecular flexibility index (Phi) is 7.79. The number of nitrogens with zero attached hydrogens (tertiary/aromatic N) is 1. The van der Waals surface area contributed by atoms with E-state index >= 15 is 0 Å². The first-order chi connectivity index (χ1) is 18.8. The molecule has 0 bridgehead atoms. The highest BCUT2D eigenvalue weighted by Crippen LogP contribution is 2.34. The van der Waals surface area contributed by atoms with Crippen LogP contribution < -0.4 is 26.3 Å². The topological polar surface area (TPSA) is 151 Å². The maximum absolute atomic E-state index is 13.2. The first-order valence-corrected chi connectivity index (χ1v) is 13.3. The molecule has 1 saturated carbocycles. The molecular weight excluding hydrogens is 492 g/mol. The van der Waals surface area contributed by atoms with Crippen molar-refractivity contribution in [2.45, 2.75) is 25.7 Å². The van der Waals surface area contributed by atoms with Crippen LogP contribution in [0.4, 0.5) is 5.69 Å². The molecule has 0 unspecified atom stereocenters. The second-order valence-electron chi connectivity index (χ2n) is 10.3. The van der Waals surface area contributed by atoms with Crippen LogP contribution in [0.3, 0.4) is 0 Å². The molecule has 0 aromatic heterocycles. The molecule has 0 radical (unpaired) electrons. The zero-order valence-electron chi connectivity index (χ0n) is 21.8. The van der Waals surface area contributed by atoms with Crippen molar-refractivity contribution in [1.29, 1.82) is 10.8 Å². The van der Waals surface area contributed by atoms with Gasteiger partial charge >= 0.3 is 0 Å². The lowest BCUT2D eigenvalue weighted by Crippen LogP contribution is -2.39. The van der Waals surface area contributed by atoms with Crippen LogP contribution in [0.15, 0.2) is 66.7 Å². The number of ether oxygens (including phenoxy) is 2. The predicted octanol–water partition coefficient (Wildman–Crippen LogP) is 4.90. The first-order valence-electron chi connectivity index (χ1n) is 13.3. The second kappa shape index (κ2) is 11.6. The number of hydrogen-bond acceptors (Lipinski definition) is 6. The molecule has 1 aliphatic carbocycles. The molecule has 39 heavy (non-hydrogen) atoms. The summed E-state index contributed by atoms with van der Waals surface area (Å²) in [4.78, 5) is 15.7. The lowest BCUT2D eigenvalue weighted by molar-refractivity contribution is -0.121. The predicted molar refractivity (Wildman–Crippen MR) is 152 cm³/mol. The molecule has 3 aromatic rings. The quantitative estimate of drug-likeness (QED) is 0.187. The SMILES string of the molecule is N=C(N)c1ccc(Oc2cc(NC(=O)C3CCN(CC4CC4)CC3)cc(Oc3ccc(C(=N)N)cc3)c2)cc1. The van der Waals surface area contributed by atoms with Gasteiger partial charge in [-0.05, 0) is 93.2 Å². The van der Waals surface area contributed by atoms with Gasteiger partial charge in [0.05, 0.1) is 0 Å². The van der Waals surface area contributed by atoms with E-state index in [-0.39, 0.29) is 23.5 Å². The summed E-state index contributed by atoms with van der Waals surface area (Å²) in [6.07, 6.45) is 4.38. The fraction of sp³-hybridized carbons (Fsp3) is 0.300. The third-order valence-electron chi connectivity index (χ3n) is 7.12. The molecule has 0 spiro atoms. The number of hydrogen-bond donors (Lipinski definition) is 5. The Hall–Kier alpha value is -4.37. The normalized spacial score (nSPS) is 15.9. The van der Waals surface area contributed by atoms with Crippen molar-refractivity contribution >= 4 is 23.3 Å². The zero-order chi connectivity index (χ0) is 27.4. The fourth-order valence-corrected chi connectivity index (χ4v) is 4.73. The Labute approximate surface area is 228 Å². The van der Waals surface area contributed by atoms with Gasteiger partial charge in [0.15, 0.2) is 0 Å². The molecule has 2 aliphatic rings. The van der Waals surface area contributed by atoms with Crippen molar-refractivity contribution in [3.05, 3.63) is 77.9 Å². The number of amidine groups is 2. The van der Waals surface area contributed by atoms with E-state index in [0.29, 0.717) is 39.8 Å². The summed E-state index contributed by atoms with van der Waals surface area (Å²) in [5.74, 6) is 2.87. The van der Waals surface area contributed by atoms with E-state index in [9.17, 15) is 4.79 Å². The highest BCUT2D eigenvalue weighted by atomic mass is 16.5. The van der Waals surface area contributed by atoms with Crippen LogP contribution in [0.1, 0.15) is 36.8 Å². The average Bonchev–Trinajstić information content (AvgIpc) is 3.73. The summed E-state index contributed by atoms with van der Waals surface area (Å²) in [5.41, 5.74) is 12.9. The maximum atomic E-state index is 13.2. The Morgan fingerprint density at radius 2 is 1.26 bits per heavy atom. The average molecular weight is 527 g/mol. The number of benzene rings is 3. The fourth-order valence-electron chi connectivity index (χ4n) is 4.73. The van der Waals surface area contributed by atoms with Crippen molar-refractivity contribution in [1.82, 2.24) is 4.90 Å². The van der Waals surface area contributed by atoms with Crippen LogP contribution >= 0.6 is 0 Å². The highest BCUT2D eigenvalue weighted by Gasteiger charge is 2.29. The number of anilines is 1. The maximum Gasteiger partial charge on any atom is 0.227 e. The second-order valence-corrected chi connectivity index (χ2v) is 10.3. The first kappa shape index (κ1) is 26.2. The number of nitrogens with one attached hydrogen (secondary N) is 3.